The highest BCUT2D eigenvalue weighted by Crippen LogP contribution is 2.29. The van der Waals surface area contributed by atoms with Gasteiger partial charge in [-0.05, 0) is 19.1 Å². The SMILES string of the molecule is Cc1ncc(S(=O)(=O)Nc2cccc3c(Cl)[nH]nc23)s1. The van der Waals surface area contributed by atoms with Crippen molar-refractivity contribution in [1.29, 1.82) is 0 Å². The molecule has 0 saturated heterocycles. The van der Waals surface area contributed by atoms with Crippen LogP contribution in [0.3, 0.4) is 0 Å². The number of nitrogens with one attached hydrogen (secondary N) is 2. The summed E-state index contributed by atoms with van der Waals surface area (Å²) in [6, 6.07) is 5.10. The molecule has 20 heavy (non-hydrogen) atoms. The monoisotopic (exact) mass is 328 g/mol. The van der Waals surface area contributed by atoms with Crippen molar-refractivity contribution in [1.82, 2.24) is 15.2 Å². The van der Waals surface area contributed by atoms with Gasteiger partial charge in [-0.3, -0.25) is 9.82 Å². The number of aryl methyl sites for hydroxylation is 1. The average molecular weight is 329 g/mol. The van der Waals surface area contributed by atoms with E-state index in [9.17, 15) is 8.42 Å². The third kappa shape index (κ3) is 2.26. The van der Waals surface area contributed by atoms with E-state index >= 15 is 0 Å². The lowest BCUT2D eigenvalue weighted by Gasteiger charge is -2.06. The lowest BCUT2D eigenvalue weighted by molar-refractivity contribution is 0.603. The average Bonchev–Trinajstić information content (AvgIpc) is 2.98. The Morgan fingerprint density at radius 1 is 1.40 bits per heavy atom. The van der Waals surface area contributed by atoms with Crippen LogP contribution in [-0.2, 0) is 10.0 Å². The van der Waals surface area contributed by atoms with Crippen molar-refractivity contribution >= 4 is 49.6 Å². The van der Waals surface area contributed by atoms with Crippen LogP contribution in [-0.4, -0.2) is 23.6 Å². The highest BCUT2D eigenvalue weighted by molar-refractivity contribution is 7.94. The van der Waals surface area contributed by atoms with Gasteiger partial charge in [0.2, 0.25) is 0 Å². The molecule has 0 aliphatic carbocycles. The number of sulfonamides is 1. The van der Waals surface area contributed by atoms with Crippen LogP contribution in [0.5, 0.6) is 0 Å². The largest absolute Gasteiger partial charge is 0.277 e. The van der Waals surface area contributed by atoms with Crippen molar-refractivity contribution < 1.29 is 8.42 Å². The summed E-state index contributed by atoms with van der Waals surface area (Å²) in [4.78, 5) is 3.95. The van der Waals surface area contributed by atoms with Gasteiger partial charge in [-0.2, -0.15) is 5.10 Å². The van der Waals surface area contributed by atoms with Gasteiger partial charge in [0.25, 0.3) is 10.0 Å². The van der Waals surface area contributed by atoms with Crippen LogP contribution in [0.15, 0.2) is 28.6 Å². The minimum atomic E-state index is -3.67. The van der Waals surface area contributed by atoms with Crippen molar-refractivity contribution in [3.63, 3.8) is 0 Å². The Kier molecular flexibility index (Phi) is 3.15. The number of hydrogen-bond donors (Lipinski definition) is 2. The number of para-hydroxylation sites is 1. The summed E-state index contributed by atoms with van der Waals surface area (Å²) in [6.07, 6.45) is 1.33. The topological polar surface area (TPSA) is 87.7 Å². The molecular formula is C11H9ClN4O2S2. The number of fused-ring (bicyclic) bond motifs is 1. The maximum atomic E-state index is 12.3. The van der Waals surface area contributed by atoms with Gasteiger partial charge in [0.15, 0.2) is 4.21 Å². The summed E-state index contributed by atoms with van der Waals surface area (Å²) in [5.41, 5.74) is 0.846. The number of thiazole rings is 1. The van der Waals surface area contributed by atoms with E-state index < -0.39 is 10.0 Å². The number of hydrogen-bond acceptors (Lipinski definition) is 5. The molecule has 2 aromatic heterocycles. The number of benzene rings is 1. The zero-order valence-corrected chi connectivity index (χ0v) is 12.6. The van der Waals surface area contributed by atoms with Gasteiger partial charge in [-0.15, -0.1) is 11.3 Å². The Hall–Kier alpha value is -1.64. The second kappa shape index (κ2) is 4.72. The molecule has 0 aliphatic heterocycles. The molecule has 3 aromatic rings. The van der Waals surface area contributed by atoms with Crippen molar-refractivity contribution in [3.8, 4) is 0 Å². The fourth-order valence-corrected chi connectivity index (χ4v) is 4.12. The highest BCUT2D eigenvalue weighted by atomic mass is 35.5. The van der Waals surface area contributed by atoms with Crippen LogP contribution in [0, 0.1) is 6.92 Å². The van der Waals surface area contributed by atoms with Crippen LogP contribution in [0.4, 0.5) is 5.69 Å². The Bertz CT molecular complexity index is 885. The number of halogens is 1. The standard InChI is InChI=1S/C11H9ClN4O2S2/c1-6-13-5-9(19-6)20(17,18)16-8-4-2-3-7-10(8)14-15-11(7)12/h2-5,16H,1H3,(H,14,15). The Morgan fingerprint density at radius 3 is 2.90 bits per heavy atom. The molecular weight excluding hydrogens is 320 g/mol. The Morgan fingerprint density at radius 2 is 2.20 bits per heavy atom. The first-order valence-corrected chi connectivity index (χ1v) is 8.23. The van der Waals surface area contributed by atoms with E-state index in [4.69, 9.17) is 11.6 Å². The molecule has 0 amide bonds. The predicted octanol–water partition coefficient (Wildman–Crippen LogP) is 2.78. The molecule has 0 aliphatic rings. The second-order valence-electron chi connectivity index (χ2n) is 4.04. The van der Waals surface area contributed by atoms with Crippen molar-refractivity contribution in [2.45, 2.75) is 11.1 Å². The summed E-state index contributed by atoms with van der Waals surface area (Å²) < 4.78 is 27.2. The van der Waals surface area contributed by atoms with Gasteiger partial charge < -0.3 is 0 Å². The molecule has 0 atom stereocenters. The molecule has 0 fully saturated rings. The number of nitrogens with zero attached hydrogens (tertiary/aromatic N) is 2. The smallest absolute Gasteiger partial charge is 0.273 e. The van der Waals surface area contributed by atoms with E-state index in [0.717, 1.165) is 11.3 Å². The molecule has 9 heteroatoms. The van der Waals surface area contributed by atoms with Crippen LogP contribution < -0.4 is 4.72 Å². The summed E-state index contributed by atoms with van der Waals surface area (Å²) >= 11 is 7.04. The van der Waals surface area contributed by atoms with Gasteiger partial charge in [0, 0.05) is 5.39 Å². The number of anilines is 1. The lowest BCUT2D eigenvalue weighted by Crippen LogP contribution is -2.11. The predicted molar refractivity (Wildman–Crippen MR) is 78.8 cm³/mol. The second-order valence-corrected chi connectivity index (χ2v) is 7.57. The van der Waals surface area contributed by atoms with E-state index in [-0.39, 0.29) is 4.21 Å². The van der Waals surface area contributed by atoms with Gasteiger partial charge in [-0.1, -0.05) is 17.7 Å². The van der Waals surface area contributed by atoms with E-state index in [2.05, 4.69) is 19.9 Å². The molecule has 0 radical (unpaired) electrons. The quantitative estimate of drug-likeness (QED) is 0.773. The third-order valence-corrected chi connectivity index (χ3v) is 5.68. The first kappa shape index (κ1) is 13.3. The van der Waals surface area contributed by atoms with Crippen LogP contribution in [0.2, 0.25) is 5.15 Å². The molecule has 0 saturated carbocycles. The summed E-state index contributed by atoms with van der Waals surface area (Å²) in [5.74, 6) is 0. The Labute approximate surface area is 123 Å². The summed E-state index contributed by atoms with van der Waals surface area (Å²) in [7, 11) is -3.67. The van der Waals surface area contributed by atoms with Crippen molar-refractivity contribution in [2.24, 2.45) is 0 Å². The lowest BCUT2D eigenvalue weighted by atomic mass is 10.2. The molecule has 0 spiro atoms. The van der Waals surface area contributed by atoms with Gasteiger partial charge in [0.1, 0.15) is 10.7 Å². The van der Waals surface area contributed by atoms with Crippen LogP contribution in [0.25, 0.3) is 10.9 Å². The molecule has 2 heterocycles. The number of rotatable bonds is 3. The van der Waals surface area contributed by atoms with Gasteiger partial charge >= 0.3 is 0 Å². The molecule has 2 N–H and O–H groups in total. The highest BCUT2D eigenvalue weighted by Gasteiger charge is 2.19. The molecule has 3 rings (SSSR count). The fourth-order valence-electron chi connectivity index (χ4n) is 1.75. The van der Waals surface area contributed by atoms with E-state index in [1.807, 2.05) is 0 Å². The number of aromatic amines is 1. The molecule has 1 aromatic carbocycles. The number of aromatic nitrogens is 3. The van der Waals surface area contributed by atoms with E-state index in [1.54, 1.807) is 25.1 Å². The minimum Gasteiger partial charge on any atom is -0.277 e. The van der Waals surface area contributed by atoms with Crippen molar-refractivity contribution in [2.75, 3.05) is 4.72 Å². The zero-order valence-electron chi connectivity index (χ0n) is 10.2. The Balaban J connectivity index is 2.05. The first-order chi connectivity index (χ1) is 9.47. The maximum Gasteiger partial charge on any atom is 0.273 e. The first-order valence-electron chi connectivity index (χ1n) is 5.55. The molecule has 104 valence electrons. The fraction of sp³-hybridized carbons (Fsp3) is 0.0909. The van der Waals surface area contributed by atoms with Crippen molar-refractivity contribution in [3.05, 3.63) is 34.6 Å². The molecule has 0 bridgehead atoms. The minimum absolute atomic E-state index is 0.161. The number of H-pyrrole nitrogens is 1. The van der Waals surface area contributed by atoms with E-state index in [1.165, 1.54) is 6.20 Å². The zero-order chi connectivity index (χ0) is 14.3. The molecule has 0 unspecified atom stereocenters. The maximum absolute atomic E-state index is 12.3. The van der Waals surface area contributed by atoms with Crippen LogP contribution in [0.1, 0.15) is 5.01 Å². The summed E-state index contributed by atoms with van der Waals surface area (Å²) in [6.45, 7) is 1.75. The van der Waals surface area contributed by atoms with Crippen LogP contribution >= 0.6 is 22.9 Å². The van der Waals surface area contributed by atoms with Gasteiger partial charge in [-0.25, -0.2) is 13.4 Å². The van der Waals surface area contributed by atoms with Gasteiger partial charge in [0.05, 0.1) is 16.9 Å². The normalized spacial score (nSPS) is 11.9. The third-order valence-electron chi connectivity index (χ3n) is 2.65. The van der Waals surface area contributed by atoms with E-state index in [0.29, 0.717) is 26.8 Å². The summed E-state index contributed by atoms with van der Waals surface area (Å²) in [5, 5.41) is 8.34. The molecule has 6 nitrogen and oxygen atoms in total.